The standard InChI is InChI=1S/C17H19N3O2/c1-17(2,3)20-16(22)13-9-12(10-18-11-13)15(21)19-14-7-5-4-6-8-14/h4-11H,1-3H3,(H,19,21)(H,20,22). The molecule has 0 aliphatic heterocycles. The molecule has 5 heteroatoms. The van der Waals surface area contributed by atoms with Crippen molar-refractivity contribution in [3.8, 4) is 0 Å². The number of rotatable bonds is 3. The zero-order valence-electron chi connectivity index (χ0n) is 12.9. The maximum atomic E-state index is 12.2. The molecule has 0 unspecified atom stereocenters. The normalized spacial score (nSPS) is 10.9. The summed E-state index contributed by atoms with van der Waals surface area (Å²) in [5.41, 5.74) is 1.04. The Morgan fingerprint density at radius 2 is 1.55 bits per heavy atom. The van der Waals surface area contributed by atoms with E-state index in [4.69, 9.17) is 0 Å². The molecule has 0 saturated carbocycles. The lowest BCUT2D eigenvalue weighted by Gasteiger charge is -2.20. The highest BCUT2D eigenvalue weighted by molar-refractivity contribution is 6.05. The van der Waals surface area contributed by atoms with Crippen molar-refractivity contribution in [1.29, 1.82) is 0 Å². The molecule has 0 atom stereocenters. The molecule has 1 heterocycles. The molecule has 2 N–H and O–H groups in total. The van der Waals surface area contributed by atoms with Gasteiger partial charge in [0, 0.05) is 23.6 Å². The first-order valence-corrected chi connectivity index (χ1v) is 6.99. The van der Waals surface area contributed by atoms with E-state index >= 15 is 0 Å². The van der Waals surface area contributed by atoms with Gasteiger partial charge in [-0.15, -0.1) is 0 Å². The lowest BCUT2D eigenvalue weighted by atomic mass is 10.1. The van der Waals surface area contributed by atoms with Gasteiger partial charge in [0.05, 0.1) is 11.1 Å². The Labute approximate surface area is 129 Å². The molecule has 22 heavy (non-hydrogen) atoms. The van der Waals surface area contributed by atoms with Gasteiger partial charge in [-0.25, -0.2) is 0 Å². The summed E-state index contributed by atoms with van der Waals surface area (Å²) >= 11 is 0. The van der Waals surface area contributed by atoms with Gasteiger partial charge in [-0.3, -0.25) is 14.6 Å². The average molecular weight is 297 g/mol. The first kappa shape index (κ1) is 15.7. The molecule has 0 radical (unpaired) electrons. The molecule has 1 aromatic carbocycles. The third-order valence-corrected chi connectivity index (χ3v) is 2.78. The molecule has 0 spiro atoms. The Hall–Kier alpha value is -2.69. The Morgan fingerprint density at radius 3 is 2.14 bits per heavy atom. The molecule has 0 saturated heterocycles. The van der Waals surface area contributed by atoms with Gasteiger partial charge in [-0.1, -0.05) is 18.2 Å². The molecule has 0 aliphatic rings. The highest BCUT2D eigenvalue weighted by Crippen LogP contribution is 2.10. The largest absolute Gasteiger partial charge is 0.347 e. The third kappa shape index (κ3) is 4.41. The Morgan fingerprint density at radius 1 is 0.955 bits per heavy atom. The summed E-state index contributed by atoms with van der Waals surface area (Å²) in [4.78, 5) is 28.3. The fraction of sp³-hybridized carbons (Fsp3) is 0.235. The Kier molecular flexibility index (Phi) is 4.56. The van der Waals surface area contributed by atoms with Gasteiger partial charge in [0.1, 0.15) is 0 Å². The quantitative estimate of drug-likeness (QED) is 0.915. The number of carbonyl (C=O) groups is 2. The van der Waals surface area contributed by atoms with E-state index in [2.05, 4.69) is 15.6 Å². The van der Waals surface area contributed by atoms with Crippen LogP contribution in [0.15, 0.2) is 48.8 Å². The van der Waals surface area contributed by atoms with Gasteiger partial charge in [0.2, 0.25) is 0 Å². The van der Waals surface area contributed by atoms with Gasteiger partial charge in [-0.05, 0) is 39.0 Å². The fourth-order valence-electron chi connectivity index (χ4n) is 1.83. The van der Waals surface area contributed by atoms with Crippen molar-refractivity contribution in [2.45, 2.75) is 26.3 Å². The van der Waals surface area contributed by atoms with E-state index in [0.717, 1.165) is 0 Å². The summed E-state index contributed by atoms with van der Waals surface area (Å²) in [5.74, 6) is -0.557. The highest BCUT2D eigenvalue weighted by Gasteiger charge is 2.17. The molecule has 2 rings (SSSR count). The van der Waals surface area contributed by atoms with Crippen LogP contribution >= 0.6 is 0 Å². The van der Waals surface area contributed by atoms with Crippen LogP contribution in [0.25, 0.3) is 0 Å². The maximum Gasteiger partial charge on any atom is 0.257 e. The van der Waals surface area contributed by atoms with Gasteiger partial charge in [0.25, 0.3) is 11.8 Å². The fourth-order valence-corrected chi connectivity index (χ4v) is 1.83. The monoisotopic (exact) mass is 297 g/mol. The summed E-state index contributed by atoms with van der Waals surface area (Å²) in [7, 11) is 0. The third-order valence-electron chi connectivity index (χ3n) is 2.78. The second kappa shape index (κ2) is 6.39. The van der Waals surface area contributed by atoms with Crippen molar-refractivity contribution < 1.29 is 9.59 Å². The summed E-state index contributed by atoms with van der Waals surface area (Å²) in [6.07, 6.45) is 2.88. The van der Waals surface area contributed by atoms with Gasteiger partial charge < -0.3 is 10.6 Å². The molecule has 5 nitrogen and oxygen atoms in total. The van der Waals surface area contributed by atoms with Crippen LogP contribution in [0.1, 0.15) is 41.5 Å². The number of para-hydroxylation sites is 1. The van der Waals surface area contributed by atoms with E-state index in [0.29, 0.717) is 16.8 Å². The Bertz CT molecular complexity index is 676. The van der Waals surface area contributed by atoms with Crippen molar-refractivity contribution in [2.24, 2.45) is 0 Å². The summed E-state index contributed by atoms with van der Waals surface area (Å²) in [6, 6.07) is 10.7. The molecule has 0 aliphatic carbocycles. The number of hydrogen-bond acceptors (Lipinski definition) is 3. The van der Waals surface area contributed by atoms with E-state index in [1.807, 2.05) is 39.0 Å². The minimum atomic E-state index is -0.348. The van der Waals surface area contributed by atoms with Crippen LogP contribution in [0.4, 0.5) is 5.69 Å². The van der Waals surface area contributed by atoms with Crippen LogP contribution in [-0.2, 0) is 0 Å². The van der Waals surface area contributed by atoms with Crippen LogP contribution in [0.5, 0.6) is 0 Å². The van der Waals surface area contributed by atoms with Crippen molar-refractivity contribution in [3.05, 3.63) is 59.9 Å². The topological polar surface area (TPSA) is 71.1 Å². The van der Waals surface area contributed by atoms with Crippen molar-refractivity contribution in [2.75, 3.05) is 5.32 Å². The van der Waals surface area contributed by atoms with Crippen LogP contribution in [0.2, 0.25) is 0 Å². The number of carbonyl (C=O) groups excluding carboxylic acids is 2. The van der Waals surface area contributed by atoms with Crippen molar-refractivity contribution in [1.82, 2.24) is 10.3 Å². The number of nitrogens with one attached hydrogen (secondary N) is 2. The zero-order valence-corrected chi connectivity index (χ0v) is 12.9. The number of hydrogen-bond donors (Lipinski definition) is 2. The smallest absolute Gasteiger partial charge is 0.257 e. The average Bonchev–Trinajstić information content (AvgIpc) is 2.46. The number of anilines is 1. The number of amides is 2. The molecular formula is C17H19N3O2. The van der Waals surface area contributed by atoms with Crippen molar-refractivity contribution >= 4 is 17.5 Å². The van der Waals surface area contributed by atoms with Gasteiger partial charge in [0.15, 0.2) is 0 Å². The van der Waals surface area contributed by atoms with E-state index in [-0.39, 0.29) is 17.4 Å². The molecule has 2 aromatic rings. The Balaban J connectivity index is 2.14. The molecule has 2 amide bonds. The van der Waals surface area contributed by atoms with E-state index < -0.39 is 0 Å². The predicted octanol–water partition coefficient (Wildman–Crippen LogP) is 2.86. The first-order chi connectivity index (χ1) is 10.3. The zero-order chi connectivity index (χ0) is 16.2. The molecular weight excluding hydrogens is 278 g/mol. The van der Waals surface area contributed by atoms with Crippen LogP contribution in [0.3, 0.4) is 0 Å². The second-order valence-electron chi connectivity index (χ2n) is 5.99. The lowest BCUT2D eigenvalue weighted by molar-refractivity contribution is 0.0919. The maximum absolute atomic E-state index is 12.2. The van der Waals surface area contributed by atoms with Crippen LogP contribution < -0.4 is 10.6 Å². The molecule has 0 fully saturated rings. The highest BCUT2D eigenvalue weighted by atomic mass is 16.2. The molecule has 114 valence electrons. The van der Waals surface area contributed by atoms with E-state index in [9.17, 15) is 9.59 Å². The van der Waals surface area contributed by atoms with E-state index in [1.165, 1.54) is 18.5 Å². The van der Waals surface area contributed by atoms with Crippen LogP contribution in [0, 0.1) is 0 Å². The SMILES string of the molecule is CC(C)(C)NC(=O)c1cncc(C(=O)Nc2ccccc2)c1. The summed E-state index contributed by atoms with van der Waals surface area (Å²) in [6.45, 7) is 5.68. The van der Waals surface area contributed by atoms with Crippen LogP contribution in [-0.4, -0.2) is 22.3 Å². The molecule has 1 aromatic heterocycles. The minimum absolute atomic E-state index is 0.255. The number of nitrogens with zero attached hydrogens (tertiary/aromatic N) is 1. The minimum Gasteiger partial charge on any atom is -0.347 e. The van der Waals surface area contributed by atoms with Crippen molar-refractivity contribution in [3.63, 3.8) is 0 Å². The number of pyridine rings is 1. The van der Waals surface area contributed by atoms with E-state index in [1.54, 1.807) is 12.1 Å². The van der Waals surface area contributed by atoms with Gasteiger partial charge >= 0.3 is 0 Å². The first-order valence-electron chi connectivity index (χ1n) is 6.99. The lowest BCUT2D eigenvalue weighted by Crippen LogP contribution is -2.40. The molecule has 0 bridgehead atoms. The summed E-state index contributed by atoms with van der Waals surface area (Å²) in [5, 5.41) is 5.60. The van der Waals surface area contributed by atoms with Gasteiger partial charge in [-0.2, -0.15) is 0 Å². The second-order valence-corrected chi connectivity index (χ2v) is 5.99. The predicted molar refractivity (Wildman–Crippen MR) is 85.9 cm³/mol. The summed E-state index contributed by atoms with van der Waals surface area (Å²) < 4.78 is 0. The number of benzene rings is 1. The number of aromatic nitrogens is 1.